The molecule has 0 unspecified atom stereocenters. The first-order valence-corrected chi connectivity index (χ1v) is 5.99. The van der Waals surface area contributed by atoms with Crippen molar-refractivity contribution in [2.24, 2.45) is 0 Å². The first kappa shape index (κ1) is 11.0. The van der Waals surface area contributed by atoms with Crippen LogP contribution in [0, 0.1) is 0 Å². The lowest BCUT2D eigenvalue weighted by Gasteiger charge is -2.00. The van der Waals surface area contributed by atoms with Crippen LogP contribution in [-0.4, -0.2) is 6.54 Å². The van der Waals surface area contributed by atoms with E-state index in [9.17, 15) is 0 Å². The summed E-state index contributed by atoms with van der Waals surface area (Å²) >= 11 is 5.23. The third-order valence-corrected chi connectivity index (χ3v) is 3.31. The lowest BCUT2D eigenvalue weighted by Crippen LogP contribution is -2.13. The van der Waals surface area contributed by atoms with Crippen LogP contribution in [0.1, 0.15) is 17.7 Å². The van der Waals surface area contributed by atoms with Gasteiger partial charge in [-0.15, -0.1) is 17.9 Å². The molecule has 1 rings (SSSR count). The molecule has 0 aliphatic carbocycles. The highest BCUT2D eigenvalue weighted by molar-refractivity contribution is 9.11. The fourth-order valence-corrected chi connectivity index (χ4v) is 2.48. The van der Waals surface area contributed by atoms with Gasteiger partial charge in [-0.3, -0.25) is 0 Å². The number of allylic oxidation sites excluding steroid dienone is 1. The van der Waals surface area contributed by atoms with Gasteiger partial charge in [0, 0.05) is 11.4 Å². The smallest absolute Gasteiger partial charge is 0.0701 e. The van der Waals surface area contributed by atoms with E-state index in [1.54, 1.807) is 11.3 Å². The van der Waals surface area contributed by atoms with Crippen LogP contribution in [0.15, 0.2) is 28.6 Å². The highest BCUT2D eigenvalue weighted by atomic mass is 79.9. The molecule has 1 nitrogen and oxygen atoms in total. The van der Waals surface area contributed by atoms with E-state index in [4.69, 9.17) is 0 Å². The summed E-state index contributed by atoms with van der Waals surface area (Å²) in [5.41, 5.74) is 0. The molecule has 1 aromatic rings. The average molecular weight is 260 g/mol. The summed E-state index contributed by atoms with van der Waals surface area (Å²) in [6.45, 7) is 5.74. The van der Waals surface area contributed by atoms with E-state index in [-0.39, 0.29) is 0 Å². The maximum absolute atomic E-state index is 3.69. The van der Waals surface area contributed by atoms with E-state index in [0.29, 0.717) is 0 Å². The van der Waals surface area contributed by atoms with Crippen molar-refractivity contribution in [3.8, 4) is 0 Å². The second kappa shape index (κ2) is 6.35. The first-order chi connectivity index (χ1) is 6.33. The number of thiophene rings is 1. The summed E-state index contributed by atoms with van der Waals surface area (Å²) in [6, 6.07) is 4.24. The summed E-state index contributed by atoms with van der Waals surface area (Å²) in [5.74, 6) is 0. The highest BCUT2D eigenvalue weighted by Crippen LogP contribution is 2.21. The third-order valence-electron chi connectivity index (χ3n) is 1.69. The number of hydrogen-bond acceptors (Lipinski definition) is 2. The molecular weight excluding hydrogens is 246 g/mol. The first-order valence-electron chi connectivity index (χ1n) is 4.39. The van der Waals surface area contributed by atoms with Gasteiger partial charge >= 0.3 is 0 Å². The SMILES string of the molecule is C=CCCCNCc1ccc(Br)s1. The molecule has 1 N–H and O–H groups in total. The van der Waals surface area contributed by atoms with Crippen molar-refractivity contribution in [2.45, 2.75) is 19.4 Å². The van der Waals surface area contributed by atoms with Crippen molar-refractivity contribution in [1.29, 1.82) is 0 Å². The summed E-state index contributed by atoms with van der Waals surface area (Å²) < 4.78 is 1.20. The molecule has 0 aromatic carbocycles. The Hall–Kier alpha value is -0.120. The normalized spacial score (nSPS) is 10.2. The van der Waals surface area contributed by atoms with Crippen molar-refractivity contribution in [3.05, 3.63) is 33.5 Å². The minimum Gasteiger partial charge on any atom is -0.312 e. The van der Waals surface area contributed by atoms with Gasteiger partial charge in [-0.25, -0.2) is 0 Å². The van der Waals surface area contributed by atoms with Crippen LogP contribution in [-0.2, 0) is 6.54 Å². The molecule has 1 heterocycles. The van der Waals surface area contributed by atoms with E-state index in [1.165, 1.54) is 15.1 Å². The molecule has 0 aliphatic rings. The molecule has 0 saturated heterocycles. The van der Waals surface area contributed by atoms with Crippen molar-refractivity contribution in [3.63, 3.8) is 0 Å². The highest BCUT2D eigenvalue weighted by Gasteiger charge is 1.95. The molecule has 72 valence electrons. The number of nitrogens with one attached hydrogen (secondary N) is 1. The molecular formula is C10H14BrNS. The Kier molecular flexibility index (Phi) is 5.35. The maximum atomic E-state index is 3.69. The molecule has 0 atom stereocenters. The van der Waals surface area contributed by atoms with Crippen LogP contribution in [0.25, 0.3) is 0 Å². The summed E-state index contributed by atoms with van der Waals surface area (Å²) in [5, 5.41) is 3.39. The fraction of sp³-hybridized carbons (Fsp3) is 0.400. The lowest BCUT2D eigenvalue weighted by atomic mass is 10.3. The molecule has 0 radical (unpaired) electrons. The Balaban J connectivity index is 2.09. The topological polar surface area (TPSA) is 12.0 Å². The average Bonchev–Trinajstić information content (AvgIpc) is 2.51. The molecule has 13 heavy (non-hydrogen) atoms. The quantitative estimate of drug-likeness (QED) is 0.609. The fourth-order valence-electron chi connectivity index (χ4n) is 1.03. The predicted molar refractivity (Wildman–Crippen MR) is 63.2 cm³/mol. The Labute approximate surface area is 92.0 Å². The van der Waals surface area contributed by atoms with Gasteiger partial charge in [-0.2, -0.15) is 0 Å². The monoisotopic (exact) mass is 259 g/mol. The van der Waals surface area contributed by atoms with Gasteiger partial charge in [0.25, 0.3) is 0 Å². The third kappa shape index (κ3) is 4.60. The molecule has 0 spiro atoms. The number of unbranched alkanes of at least 4 members (excludes halogenated alkanes) is 1. The van der Waals surface area contributed by atoms with Crippen LogP contribution in [0.4, 0.5) is 0 Å². The van der Waals surface area contributed by atoms with E-state index in [1.807, 2.05) is 6.08 Å². The van der Waals surface area contributed by atoms with Gasteiger partial charge in [0.05, 0.1) is 3.79 Å². The van der Waals surface area contributed by atoms with E-state index >= 15 is 0 Å². The van der Waals surface area contributed by atoms with Crippen LogP contribution in [0.3, 0.4) is 0 Å². The van der Waals surface area contributed by atoms with Crippen LogP contribution >= 0.6 is 27.3 Å². The molecule has 0 fully saturated rings. The molecule has 3 heteroatoms. The largest absolute Gasteiger partial charge is 0.312 e. The van der Waals surface area contributed by atoms with Crippen molar-refractivity contribution in [1.82, 2.24) is 5.32 Å². The maximum Gasteiger partial charge on any atom is 0.0701 e. The number of rotatable bonds is 6. The zero-order chi connectivity index (χ0) is 9.52. The van der Waals surface area contributed by atoms with Gasteiger partial charge in [0.15, 0.2) is 0 Å². The Morgan fingerprint density at radius 2 is 2.38 bits per heavy atom. The van der Waals surface area contributed by atoms with Gasteiger partial charge in [-0.1, -0.05) is 6.08 Å². The molecule has 0 bridgehead atoms. The van der Waals surface area contributed by atoms with E-state index in [0.717, 1.165) is 19.5 Å². The number of halogens is 1. The summed E-state index contributed by atoms with van der Waals surface area (Å²) in [4.78, 5) is 1.38. The molecule has 0 aliphatic heterocycles. The van der Waals surface area contributed by atoms with Gasteiger partial charge in [0.1, 0.15) is 0 Å². The minimum atomic E-state index is 0.980. The van der Waals surface area contributed by atoms with Crippen molar-refractivity contribution in [2.75, 3.05) is 6.54 Å². The van der Waals surface area contributed by atoms with Gasteiger partial charge < -0.3 is 5.32 Å². The second-order valence-electron chi connectivity index (χ2n) is 2.81. The minimum absolute atomic E-state index is 0.980. The van der Waals surface area contributed by atoms with Crippen molar-refractivity contribution >= 4 is 27.3 Å². The van der Waals surface area contributed by atoms with Gasteiger partial charge in [-0.05, 0) is 47.4 Å². The zero-order valence-corrected chi connectivity index (χ0v) is 9.96. The molecule has 0 saturated carbocycles. The Morgan fingerprint density at radius 1 is 1.54 bits per heavy atom. The summed E-state index contributed by atoms with van der Waals surface area (Å²) in [6.07, 6.45) is 4.24. The van der Waals surface area contributed by atoms with E-state index in [2.05, 4.69) is 40.0 Å². The lowest BCUT2D eigenvalue weighted by molar-refractivity contribution is 0.660. The summed E-state index contributed by atoms with van der Waals surface area (Å²) in [7, 11) is 0. The molecule has 1 aromatic heterocycles. The second-order valence-corrected chi connectivity index (χ2v) is 5.36. The van der Waals surface area contributed by atoms with Crippen LogP contribution < -0.4 is 5.32 Å². The Morgan fingerprint density at radius 3 is 3.00 bits per heavy atom. The standard InChI is InChI=1S/C10H14BrNS/c1-2-3-4-7-12-8-9-5-6-10(11)13-9/h2,5-6,12H,1,3-4,7-8H2. The van der Waals surface area contributed by atoms with Gasteiger partial charge in [0.2, 0.25) is 0 Å². The number of hydrogen-bond donors (Lipinski definition) is 1. The predicted octanol–water partition coefficient (Wildman–Crippen LogP) is 3.57. The molecule has 0 amide bonds. The van der Waals surface area contributed by atoms with Crippen molar-refractivity contribution < 1.29 is 0 Å². The Bertz CT molecular complexity index is 257. The van der Waals surface area contributed by atoms with E-state index < -0.39 is 0 Å². The van der Waals surface area contributed by atoms with Crippen LogP contribution in [0.5, 0.6) is 0 Å². The van der Waals surface area contributed by atoms with Crippen LogP contribution in [0.2, 0.25) is 0 Å². The zero-order valence-electron chi connectivity index (χ0n) is 7.55.